The summed E-state index contributed by atoms with van der Waals surface area (Å²) < 4.78 is 0. The highest BCUT2D eigenvalue weighted by atomic mass is 33.1. The second kappa shape index (κ2) is 4.67. The highest BCUT2D eigenvalue weighted by molar-refractivity contribution is 8.76. The number of rotatable bonds is 3. The molecule has 0 saturated carbocycles. The van der Waals surface area contributed by atoms with Crippen molar-refractivity contribution >= 4 is 21.6 Å². The summed E-state index contributed by atoms with van der Waals surface area (Å²) in [5, 5.41) is 1.74. The summed E-state index contributed by atoms with van der Waals surface area (Å²) in [6, 6.07) is 5.97. The molecule has 1 aromatic rings. The number of hydrogen-bond acceptors (Lipinski definition) is 3. The number of pyridine rings is 1. The second-order valence-corrected chi connectivity index (χ2v) is 5.19. The Bertz CT molecular complexity index is 199. The molecule has 0 aliphatic rings. The topological polar surface area (TPSA) is 12.9 Å². The zero-order chi connectivity index (χ0) is 8.10. The van der Waals surface area contributed by atoms with Gasteiger partial charge in [-0.25, -0.2) is 4.98 Å². The minimum Gasteiger partial charge on any atom is -0.249 e. The average Bonchev–Trinajstić information content (AvgIpc) is 2.03. The highest BCUT2D eigenvalue weighted by Gasteiger charge is 1.96. The number of hydrogen-bond donors (Lipinski definition) is 0. The van der Waals surface area contributed by atoms with Crippen LogP contribution in [0.3, 0.4) is 0 Å². The van der Waals surface area contributed by atoms with Crippen molar-refractivity contribution in [3.63, 3.8) is 0 Å². The van der Waals surface area contributed by atoms with E-state index in [1.54, 1.807) is 10.8 Å². The van der Waals surface area contributed by atoms with Gasteiger partial charge in [-0.1, -0.05) is 30.7 Å². The predicted molar refractivity (Wildman–Crippen MR) is 52.8 cm³/mol. The van der Waals surface area contributed by atoms with Gasteiger partial charge in [0.05, 0.1) is 0 Å². The van der Waals surface area contributed by atoms with E-state index in [1.165, 1.54) is 0 Å². The zero-order valence-electron chi connectivity index (χ0n) is 6.65. The SMILES string of the molecule is CC(C)SSc1ccccn1. The maximum absolute atomic E-state index is 4.19. The Morgan fingerprint density at radius 2 is 2.18 bits per heavy atom. The molecule has 0 saturated heterocycles. The fourth-order valence-corrected chi connectivity index (χ4v) is 2.24. The van der Waals surface area contributed by atoms with Crippen LogP contribution in [0.1, 0.15) is 13.8 Å². The third-order valence-corrected chi connectivity index (χ3v) is 3.81. The molecule has 0 spiro atoms. The van der Waals surface area contributed by atoms with Gasteiger partial charge < -0.3 is 0 Å². The van der Waals surface area contributed by atoms with E-state index < -0.39 is 0 Å². The van der Waals surface area contributed by atoms with Crippen molar-refractivity contribution in [3.05, 3.63) is 24.4 Å². The first-order valence-electron chi connectivity index (χ1n) is 3.53. The van der Waals surface area contributed by atoms with Gasteiger partial charge in [-0.05, 0) is 22.9 Å². The smallest absolute Gasteiger partial charge is 0.106 e. The third kappa shape index (κ3) is 3.68. The molecular formula is C8H11NS2. The summed E-state index contributed by atoms with van der Waals surface area (Å²) in [6.45, 7) is 4.36. The Labute approximate surface area is 75.4 Å². The van der Waals surface area contributed by atoms with Crippen LogP contribution >= 0.6 is 21.6 Å². The molecule has 0 aliphatic heterocycles. The van der Waals surface area contributed by atoms with Crippen molar-refractivity contribution in [1.82, 2.24) is 4.98 Å². The summed E-state index contributed by atoms with van der Waals surface area (Å²) in [6.07, 6.45) is 1.82. The fourth-order valence-electron chi connectivity index (χ4n) is 0.542. The molecule has 0 amide bonds. The third-order valence-electron chi connectivity index (χ3n) is 0.964. The van der Waals surface area contributed by atoms with Crippen LogP contribution in [0, 0.1) is 0 Å². The molecule has 1 heterocycles. The van der Waals surface area contributed by atoms with Gasteiger partial charge in [0.25, 0.3) is 0 Å². The minimum atomic E-state index is 0.655. The van der Waals surface area contributed by atoms with E-state index in [9.17, 15) is 0 Å². The maximum atomic E-state index is 4.19. The Hall–Kier alpha value is -0.150. The lowest BCUT2D eigenvalue weighted by Crippen LogP contribution is -1.81. The van der Waals surface area contributed by atoms with Gasteiger partial charge in [0.2, 0.25) is 0 Å². The molecule has 1 aromatic heterocycles. The first kappa shape index (κ1) is 8.94. The van der Waals surface area contributed by atoms with Gasteiger partial charge in [-0.15, -0.1) is 0 Å². The normalized spacial score (nSPS) is 10.5. The number of aromatic nitrogens is 1. The van der Waals surface area contributed by atoms with E-state index in [4.69, 9.17) is 0 Å². The monoisotopic (exact) mass is 185 g/mol. The maximum Gasteiger partial charge on any atom is 0.106 e. The molecule has 0 unspecified atom stereocenters. The van der Waals surface area contributed by atoms with E-state index >= 15 is 0 Å². The second-order valence-electron chi connectivity index (χ2n) is 2.40. The molecule has 0 N–H and O–H groups in total. The van der Waals surface area contributed by atoms with Crippen molar-refractivity contribution in [2.75, 3.05) is 0 Å². The molecule has 60 valence electrons. The van der Waals surface area contributed by atoms with Gasteiger partial charge in [-0.2, -0.15) is 0 Å². The van der Waals surface area contributed by atoms with E-state index in [2.05, 4.69) is 18.8 Å². The first-order valence-corrected chi connectivity index (χ1v) is 5.74. The van der Waals surface area contributed by atoms with Crippen LogP contribution in [0.4, 0.5) is 0 Å². The molecule has 0 atom stereocenters. The Kier molecular flexibility index (Phi) is 3.80. The predicted octanol–water partition coefficient (Wildman–Crippen LogP) is 3.23. The summed E-state index contributed by atoms with van der Waals surface area (Å²) in [4.78, 5) is 4.19. The molecule has 3 heteroatoms. The van der Waals surface area contributed by atoms with Crippen molar-refractivity contribution in [1.29, 1.82) is 0 Å². The quantitative estimate of drug-likeness (QED) is 0.671. The van der Waals surface area contributed by atoms with Crippen molar-refractivity contribution in [2.45, 2.75) is 24.1 Å². The van der Waals surface area contributed by atoms with Crippen LogP contribution in [0.2, 0.25) is 0 Å². The van der Waals surface area contributed by atoms with Gasteiger partial charge in [0, 0.05) is 11.4 Å². The molecular weight excluding hydrogens is 174 g/mol. The van der Waals surface area contributed by atoms with Crippen LogP contribution in [-0.2, 0) is 0 Å². The Morgan fingerprint density at radius 3 is 2.73 bits per heavy atom. The average molecular weight is 185 g/mol. The summed E-state index contributed by atoms with van der Waals surface area (Å²) in [5.41, 5.74) is 0. The van der Waals surface area contributed by atoms with Crippen LogP contribution < -0.4 is 0 Å². The van der Waals surface area contributed by atoms with E-state index in [1.807, 2.05) is 35.2 Å². The first-order chi connectivity index (χ1) is 5.29. The molecule has 0 fully saturated rings. The van der Waals surface area contributed by atoms with Crippen LogP contribution in [0.25, 0.3) is 0 Å². The van der Waals surface area contributed by atoms with Crippen LogP contribution in [-0.4, -0.2) is 10.2 Å². The summed E-state index contributed by atoms with van der Waals surface area (Å²) in [7, 11) is 3.57. The molecule has 1 nitrogen and oxygen atoms in total. The van der Waals surface area contributed by atoms with Crippen molar-refractivity contribution in [3.8, 4) is 0 Å². The molecule has 0 radical (unpaired) electrons. The lowest BCUT2D eigenvalue weighted by atomic mass is 10.5. The molecule has 11 heavy (non-hydrogen) atoms. The van der Waals surface area contributed by atoms with E-state index in [0.717, 1.165) is 5.03 Å². The minimum absolute atomic E-state index is 0.655. The fraction of sp³-hybridized carbons (Fsp3) is 0.375. The van der Waals surface area contributed by atoms with Crippen molar-refractivity contribution < 1.29 is 0 Å². The van der Waals surface area contributed by atoms with E-state index in [0.29, 0.717) is 5.25 Å². The summed E-state index contributed by atoms with van der Waals surface area (Å²) >= 11 is 0. The Morgan fingerprint density at radius 1 is 1.36 bits per heavy atom. The van der Waals surface area contributed by atoms with E-state index in [-0.39, 0.29) is 0 Å². The number of nitrogens with zero attached hydrogens (tertiary/aromatic N) is 1. The largest absolute Gasteiger partial charge is 0.249 e. The lowest BCUT2D eigenvalue weighted by Gasteiger charge is -2.01. The molecule has 0 bridgehead atoms. The molecule has 0 aliphatic carbocycles. The van der Waals surface area contributed by atoms with Gasteiger partial charge in [-0.3, -0.25) is 0 Å². The zero-order valence-corrected chi connectivity index (χ0v) is 8.28. The van der Waals surface area contributed by atoms with Crippen LogP contribution in [0.5, 0.6) is 0 Å². The molecule has 0 aromatic carbocycles. The van der Waals surface area contributed by atoms with Crippen molar-refractivity contribution in [2.24, 2.45) is 0 Å². The standard InChI is InChI=1S/C8H11NS2/c1-7(2)10-11-8-5-3-4-6-9-8/h3-7H,1-2H3. The van der Waals surface area contributed by atoms with Gasteiger partial charge in [0.1, 0.15) is 5.03 Å². The van der Waals surface area contributed by atoms with Gasteiger partial charge in [0.15, 0.2) is 0 Å². The summed E-state index contributed by atoms with van der Waals surface area (Å²) in [5.74, 6) is 0. The lowest BCUT2D eigenvalue weighted by molar-refractivity contribution is 1.12. The van der Waals surface area contributed by atoms with Crippen LogP contribution in [0.15, 0.2) is 29.4 Å². The van der Waals surface area contributed by atoms with Gasteiger partial charge >= 0.3 is 0 Å². The Balaban J connectivity index is 2.39. The highest BCUT2D eigenvalue weighted by Crippen LogP contribution is 2.32. The molecule has 1 rings (SSSR count).